The Bertz CT molecular complexity index is 627. The fourth-order valence-corrected chi connectivity index (χ4v) is 2.38. The zero-order valence-electron chi connectivity index (χ0n) is 13.5. The van der Waals surface area contributed by atoms with E-state index in [0.717, 1.165) is 0 Å². The van der Waals surface area contributed by atoms with Crippen LogP contribution in [0.5, 0.6) is 0 Å². The molecular weight excluding hydrogens is 314 g/mol. The third-order valence-electron chi connectivity index (χ3n) is 3.56. The number of hydrogen-bond acceptors (Lipinski definition) is 2. The number of likely N-dealkylation sites (N-methyl/N-ethyl adjacent to an activating group) is 1. The van der Waals surface area contributed by atoms with Crippen molar-refractivity contribution in [1.29, 1.82) is 0 Å². The zero-order chi connectivity index (χ0) is 17.7. The lowest BCUT2D eigenvalue weighted by Gasteiger charge is -2.25. The number of amides is 2. The smallest absolute Gasteiger partial charge is 0.317 e. The van der Waals surface area contributed by atoms with Crippen LogP contribution in [0.25, 0.3) is 0 Å². The van der Waals surface area contributed by atoms with E-state index in [1.807, 2.05) is 0 Å². The third kappa shape index (κ3) is 4.76. The number of rotatable bonds is 5. The van der Waals surface area contributed by atoms with Gasteiger partial charge >= 0.3 is 6.03 Å². The molecule has 4 nitrogen and oxygen atoms in total. The average molecular weight is 334 g/mol. The van der Waals surface area contributed by atoms with E-state index in [-0.39, 0.29) is 18.2 Å². The lowest BCUT2D eigenvalue weighted by Crippen LogP contribution is -2.42. The molecule has 0 unspecified atom stereocenters. The second kappa shape index (κ2) is 7.88. The molecule has 0 aliphatic heterocycles. The van der Waals surface area contributed by atoms with Crippen molar-refractivity contribution >= 4 is 6.03 Å². The first-order valence-electron chi connectivity index (χ1n) is 7.57. The molecule has 24 heavy (non-hydrogen) atoms. The second-order valence-corrected chi connectivity index (χ2v) is 5.72. The number of benzene rings is 2. The first-order valence-corrected chi connectivity index (χ1v) is 7.57. The van der Waals surface area contributed by atoms with Crippen molar-refractivity contribution in [2.75, 3.05) is 13.6 Å². The predicted octanol–water partition coefficient (Wildman–Crippen LogP) is 3.08. The molecule has 0 saturated heterocycles. The topological polar surface area (TPSA) is 52.6 Å². The van der Waals surface area contributed by atoms with Gasteiger partial charge < -0.3 is 15.3 Å². The molecule has 2 rings (SSSR count). The van der Waals surface area contributed by atoms with Crippen LogP contribution in [0.3, 0.4) is 0 Å². The van der Waals surface area contributed by atoms with Crippen molar-refractivity contribution in [2.45, 2.75) is 19.1 Å². The molecule has 2 amide bonds. The van der Waals surface area contributed by atoms with Crippen LogP contribution < -0.4 is 5.32 Å². The summed E-state index contributed by atoms with van der Waals surface area (Å²) in [5.41, 5.74) is 1.34. The van der Waals surface area contributed by atoms with Crippen LogP contribution in [0, 0.1) is 11.6 Å². The molecule has 0 aliphatic carbocycles. The number of halogens is 2. The van der Waals surface area contributed by atoms with Crippen LogP contribution in [0.4, 0.5) is 13.6 Å². The molecule has 0 radical (unpaired) electrons. The molecule has 1 atom stereocenters. The van der Waals surface area contributed by atoms with Gasteiger partial charge in [-0.05, 0) is 42.3 Å². The first-order chi connectivity index (χ1) is 11.4. The molecule has 0 spiro atoms. The van der Waals surface area contributed by atoms with Crippen LogP contribution in [-0.2, 0) is 0 Å². The summed E-state index contributed by atoms with van der Waals surface area (Å²) < 4.78 is 26.3. The van der Waals surface area contributed by atoms with Gasteiger partial charge in [0, 0.05) is 13.6 Å². The second-order valence-electron chi connectivity index (χ2n) is 5.72. The number of hydrogen-bond donors (Lipinski definition) is 2. The maximum atomic E-state index is 13.2. The third-order valence-corrected chi connectivity index (χ3v) is 3.56. The Morgan fingerprint density at radius 3 is 1.83 bits per heavy atom. The van der Waals surface area contributed by atoms with Crippen molar-refractivity contribution in [3.8, 4) is 0 Å². The highest BCUT2D eigenvalue weighted by atomic mass is 19.1. The largest absolute Gasteiger partial charge is 0.392 e. The number of carbonyl (C=O) groups is 1. The lowest BCUT2D eigenvalue weighted by atomic mass is 9.98. The summed E-state index contributed by atoms with van der Waals surface area (Å²) in [7, 11) is 1.56. The molecule has 0 fully saturated rings. The maximum absolute atomic E-state index is 13.2. The summed E-state index contributed by atoms with van der Waals surface area (Å²) in [5.74, 6) is -0.761. The molecule has 0 saturated carbocycles. The standard InChI is InChI=1S/C18H20F2N2O2/c1-12(23)11-22(2)18(24)21-17(13-3-7-15(19)8-4-13)14-5-9-16(20)10-6-14/h3-10,12,17,23H,11H2,1-2H3,(H,21,24)/t12-/m0/s1. The van der Waals surface area contributed by atoms with Crippen molar-refractivity contribution in [3.63, 3.8) is 0 Å². The molecule has 2 aromatic carbocycles. The SMILES string of the molecule is C[C@H](O)CN(C)C(=O)NC(c1ccc(F)cc1)c1ccc(F)cc1. The molecule has 2 aromatic rings. The molecule has 128 valence electrons. The summed E-state index contributed by atoms with van der Waals surface area (Å²) in [5, 5.41) is 12.2. The minimum atomic E-state index is -0.657. The summed E-state index contributed by atoms with van der Waals surface area (Å²) >= 11 is 0. The van der Waals surface area contributed by atoms with Gasteiger partial charge in [-0.25, -0.2) is 13.6 Å². The van der Waals surface area contributed by atoms with Crippen molar-refractivity contribution in [3.05, 3.63) is 71.3 Å². The molecule has 0 heterocycles. The molecule has 0 aromatic heterocycles. The number of aliphatic hydroxyl groups is 1. The average Bonchev–Trinajstić information content (AvgIpc) is 2.53. The van der Waals surface area contributed by atoms with E-state index in [1.165, 1.54) is 29.2 Å². The van der Waals surface area contributed by atoms with Gasteiger partial charge in [0.2, 0.25) is 0 Å². The molecule has 6 heteroatoms. The van der Waals surface area contributed by atoms with E-state index >= 15 is 0 Å². The monoisotopic (exact) mass is 334 g/mol. The fourth-order valence-electron chi connectivity index (χ4n) is 2.38. The van der Waals surface area contributed by atoms with Gasteiger partial charge in [-0.2, -0.15) is 0 Å². The normalized spacial score (nSPS) is 12.1. The summed E-state index contributed by atoms with van der Waals surface area (Å²) in [4.78, 5) is 13.7. The van der Waals surface area contributed by atoms with Gasteiger partial charge in [0.1, 0.15) is 11.6 Å². The van der Waals surface area contributed by atoms with Gasteiger partial charge in [0.15, 0.2) is 0 Å². The van der Waals surface area contributed by atoms with Crippen LogP contribution in [-0.4, -0.2) is 35.7 Å². The van der Waals surface area contributed by atoms with Crippen LogP contribution >= 0.6 is 0 Å². The summed E-state index contributed by atoms with van der Waals surface area (Å²) in [6, 6.07) is 10.5. The Hall–Kier alpha value is -2.47. The Balaban J connectivity index is 2.27. The van der Waals surface area contributed by atoms with E-state index in [1.54, 1.807) is 38.2 Å². The maximum Gasteiger partial charge on any atom is 0.317 e. The molecule has 2 N–H and O–H groups in total. The van der Waals surface area contributed by atoms with E-state index < -0.39 is 18.2 Å². The van der Waals surface area contributed by atoms with E-state index in [2.05, 4.69) is 5.32 Å². The van der Waals surface area contributed by atoms with E-state index in [9.17, 15) is 18.7 Å². The van der Waals surface area contributed by atoms with Gasteiger partial charge in [0.25, 0.3) is 0 Å². The fraction of sp³-hybridized carbons (Fsp3) is 0.278. The van der Waals surface area contributed by atoms with Gasteiger partial charge in [-0.15, -0.1) is 0 Å². The molecular formula is C18H20F2N2O2. The molecule has 0 bridgehead atoms. The highest BCUT2D eigenvalue weighted by molar-refractivity contribution is 5.75. The first kappa shape index (κ1) is 17.9. The van der Waals surface area contributed by atoms with Gasteiger partial charge in [-0.3, -0.25) is 0 Å². The number of nitrogens with zero attached hydrogens (tertiary/aromatic N) is 1. The van der Waals surface area contributed by atoms with Crippen molar-refractivity contribution < 1.29 is 18.7 Å². The van der Waals surface area contributed by atoms with Gasteiger partial charge in [-0.1, -0.05) is 24.3 Å². The number of nitrogens with one attached hydrogen (secondary N) is 1. The van der Waals surface area contributed by atoms with Crippen molar-refractivity contribution in [2.24, 2.45) is 0 Å². The number of carbonyl (C=O) groups excluding carboxylic acids is 1. The Morgan fingerprint density at radius 2 is 1.46 bits per heavy atom. The number of urea groups is 1. The highest BCUT2D eigenvalue weighted by Crippen LogP contribution is 2.23. The Morgan fingerprint density at radius 1 is 1.04 bits per heavy atom. The lowest BCUT2D eigenvalue weighted by molar-refractivity contribution is 0.143. The number of aliphatic hydroxyl groups excluding tert-OH is 1. The Kier molecular flexibility index (Phi) is 5.87. The minimum absolute atomic E-state index is 0.172. The summed E-state index contributed by atoms with van der Waals surface area (Å²) in [6.45, 7) is 1.76. The zero-order valence-corrected chi connectivity index (χ0v) is 13.5. The van der Waals surface area contributed by atoms with E-state index in [0.29, 0.717) is 11.1 Å². The van der Waals surface area contributed by atoms with Crippen LogP contribution in [0.15, 0.2) is 48.5 Å². The Labute approximate surface area is 139 Å². The van der Waals surface area contributed by atoms with Crippen LogP contribution in [0.1, 0.15) is 24.1 Å². The predicted molar refractivity (Wildman–Crippen MR) is 87.5 cm³/mol. The molecule has 0 aliphatic rings. The minimum Gasteiger partial charge on any atom is -0.392 e. The quantitative estimate of drug-likeness (QED) is 0.883. The summed E-state index contributed by atoms with van der Waals surface area (Å²) in [6.07, 6.45) is -0.657. The highest BCUT2D eigenvalue weighted by Gasteiger charge is 2.20. The van der Waals surface area contributed by atoms with Gasteiger partial charge in [0.05, 0.1) is 12.1 Å². The van der Waals surface area contributed by atoms with Crippen molar-refractivity contribution in [1.82, 2.24) is 10.2 Å². The van der Waals surface area contributed by atoms with E-state index in [4.69, 9.17) is 0 Å². The van der Waals surface area contributed by atoms with Crippen LogP contribution in [0.2, 0.25) is 0 Å².